The lowest BCUT2D eigenvalue weighted by Gasteiger charge is -2.33. The Balaban J connectivity index is 1.46. The van der Waals surface area contributed by atoms with Crippen LogP contribution >= 0.6 is 0 Å². The quantitative estimate of drug-likeness (QED) is 0.398. The van der Waals surface area contributed by atoms with Gasteiger partial charge in [0.25, 0.3) is 0 Å². The van der Waals surface area contributed by atoms with Crippen molar-refractivity contribution >= 4 is 21.5 Å². The Morgan fingerprint density at radius 1 is 1.18 bits per heavy atom. The number of pyridine rings is 1. The van der Waals surface area contributed by atoms with Crippen LogP contribution in [0.4, 0.5) is 11.6 Å². The van der Waals surface area contributed by atoms with Crippen LogP contribution in [0.1, 0.15) is 43.5 Å². The molecule has 1 atom stereocenters. The van der Waals surface area contributed by atoms with E-state index in [-0.39, 0.29) is 34.8 Å². The Bertz CT molecular complexity index is 1480. The van der Waals surface area contributed by atoms with Gasteiger partial charge in [0.15, 0.2) is 9.84 Å². The third-order valence-corrected chi connectivity index (χ3v) is 9.36. The molecule has 1 aromatic carbocycles. The summed E-state index contributed by atoms with van der Waals surface area (Å²) in [4.78, 5) is 15.6. The van der Waals surface area contributed by atoms with Crippen molar-refractivity contribution in [2.24, 2.45) is 11.1 Å². The van der Waals surface area contributed by atoms with Crippen LogP contribution in [0.25, 0.3) is 11.1 Å². The zero-order valence-electron chi connectivity index (χ0n) is 22.4. The summed E-state index contributed by atoms with van der Waals surface area (Å²) in [7, 11) is -3.76. The number of benzene rings is 1. The van der Waals surface area contributed by atoms with Gasteiger partial charge in [0, 0.05) is 41.7 Å². The second kappa shape index (κ2) is 10.7. The molecule has 1 aliphatic carbocycles. The molecular formula is C28H36N6O4S. The van der Waals surface area contributed by atoms with Crippen LogP contribution in [0.3, 0.4) is 0 Å². The first kappa shape index (κ1) is 27.3. The minimum Gasteiger partial charge on any atom is -0.491 e. The van der Waals surface area contributed by atoms with Crippen LogP contribution < -0.4 is 21.1 Å². The average molecular weight is 553 g/mol. The summed E-state index contributed by atoms with van der Waals surface area (Å²) in [6, 6.07) is 7.36. The van der Waals surface area contributed by atoms with Crippen molar-refractivity contribution in [3.8, 4) is 16.9 Å². The molecule has 5 rings (SSSR count). The summed E-state index contributed by atoms with van der Waals surface area (Å²) in [5.74, 6) is 1.41. The molecule has 0 radical (unpaired) electrons. The Morgan fingerprint density at radius 2 is 2.00 bits per heavy atom. The zero-order valence-corrected chi connectivity index (χ0v) is 23.2. The molecule has 0 saturated carbocycles. The van der Waals surface area contributed by atoms with Crippen LogP contribution in [-0.2, 0) is 29.2 Å². The number of aryl methyl sites for hydroxylation is 1. The van der Waals surface area contributed by atoms with E-state index in [4.69, 9.17) is 21.2 Å². The molecule has 39 heavy (non-hydrogen) atoms. The number of fused-ring (bicyclic) bond motifs is 2. The lowest BCUT2D eigenvalue weighted by atomic mass is 9.76. The molecule has 10 nitrogen and oxygen atoms in total. The summed E-state index contributed by atoms with van der Waals surface area (Å²) in [6.07, 6.45) is 5.34. The van der Waals surface area contributed by atoms with Crippen LogP contribution in [-0.4, -0.2) is 60.0 Å². The van der Waals surface area contributed by atoms with Crippen molar-refractivity contribution in [3.05, 3.63) is 53.6 Å². The van der Waals surface area contributed by atoms with Gasteiger partial charge in [-0.2, -0.15) is 0 Å². The van der Waals surface area contributed by atoms with E-state index in [0.717, 1.165) is 47.7 Å². The molecule has 0 spiro atoms. The van der Waals surface area contributed by atoms with Crippen molar-refractivity contribution in [3.63, 3.8) is 0 Å². The van der Waals surface area contributed by atoms with E-state index in [1.807, 2.05) is 18.2 Å². The minimum atomic E-state index is -3.76. The van der Waals surface area contributed by atoms with Crippen LogP contribution in [0.15, 0.2) is 41.7 Å². The van der Waals surface area contributed by atoms with Crippen molar-refractivity contribution in [1.29, 1.82) is 0 Å². The number of anilines is 2. The number of nitrogens with zero attached hydrogens (tertiary/aromatic N) is 4. The number of aliphatic hydroxyl groups is 1. The lowest BCUT2D eigenvalue weighted by Crippen LogP contribution is -2.31. The minimum absolute atomic E-state index is 0.00686. The zero-order chi connectivity index (χ0) is 27.8. The highest BCUT2D eigenvalue weighted by atomic mass is 32.2. The monoisotopic (exact) mass is 552 g/mol. The Hall–Kier alpha value is -3.28. The first-order valence-electron chi connectivity index (χ1n) is 13.3. The number of rotatable bonds is 7. The van der Waals surface area contributed by atoms with Crippen LogP contribution in [0.5, 0.6) is 5.75 Å². The van der Waals surface area contributed by atoms with Gasteiger partial charge in [-0.1, -0.05) is 19.9 Å². The number of hydrogen-bond donors (Lipinski definition) is 3. The average Bonchev–Trinajstić information content (AvgIpc) is 3.13. The number of ether oxygens (including phenoxy) is 1. The van der Waals surface area contributed by atoms with E-state index in [2.05, 4.69) is 28.7 Å². The van der Waals surface area contributed by atoms with Crippen molar-refractivity contribution in [2.45, 2.75) is 57.1 Å². The molecule has 1 aliphatic heterocycles. The Morgan fingerprint density at radius 3 is 2.79 bits per heavy atom. The lowest BCUT2D eigenvalue weighted by molar-refractivity contribution is 0.179. The fourth-order valence-electron chi connectivity index (χ4n) is 5.27. The van der Waals surface area contributed by atoms with Gasteiger partial charge in [-0.05, 0) is 54.9 Å². The van der Waals surface area contributed by atoms with Gasteiger partial charge >= 0.3 is 0 Å². The molecule has 2 aliphatic rings. The largest absolute Gasteiger partial charge is 0.491 e. The molecular weight excluding hydrogens is 516 g/mol. The summed E-state index contributed by atoms with van der Waals surface area (Å²) < 4.78 is 32.1. The number of nitrogen functional groups attached to an aromatic ring is 1. The van der Waals surface area contributed by atoms with E-state index >= 15 is 0 Å². The first-order chi connectivity index (χ1) is 18.6. The molecule has 0 saturated heterocycles. The first-order valence-corrected chi connectivity index (χ1v) is 14.9. The number of nitrogens with two attached hydrogens (primary N) is 2. The molecule has 2 aromatic heterocycles. The predicted molar refractivity (Wildman–Crippen MR) is 150 cm³/mol. The second-order valence-corrected chi connectivity index (χ2v) is 13.2. The summed E-state index contributed by atoms with van der Waals surface area (Å²) in [5.41, 5.74) is 16.3. The van der Waals surface area contributed by atoms with Gasteiger partial charge in [0.2, 0.25) is 0 Å². The Kier molecular flexibility index (Phi) is 7.49. The van der Waals surface area contributed by atoms with Crippen molar-refractivity contribution in [2.75, 3.05) is 36.1 Å². The maximum absolute atomic E-state index is 13.0. The van der Waals surface area contributed by atoms with E-state index < -0.39 is 15.9 Å². The second-order valence-electron chi connectivity index (χ2n) is 11.2. The summed E-state index contributed by atoms with van der Waals surface area (Å²) in [5, 5.41) is 9.74. The van der Waals surface area contributed by atoms with Crippen LogP contribution in [0, 0.1) is 5.41 Å². The number of hydrogen-bond acceptors (Lipinski definition) is 10. The summed E-state index contributed by atoms with van der Waals surface area (Å²) in [6.45, 7) is 6.37. The molecule has 0 fully saturated rings. The highest BCUT2D eigenvalue weighted by molar-refractivity contribution is 7.91. The van der Waals surface area contributed by atoms with E-state index in [1.165, 1.54) is 5.56 Å². The maximum Gasteiger partial charge on any atom is 0.182 e. The molecule has 3 aromatic rings. The molecule has 3 heterocycles. The molecule has 0 amide bonds. The number of aromatic nitrogens is 3. The van der Waals surface area contributed by atoms with Gasteiger partial charge in [0.1, 0.15) is 35.2 Å². The summed E-state index contributed by atoms with van der Waals surface area (Å²) >= 11 is 0. The van der Waals surface area contributed by atoms with Crippen LogP contribution in [0.2, 0.25) is 0 Å². The SMILES string of the molecule is CC1(C)CCc2ncnc(N3CCOc4ccc(-c5cnc(N)c(S(=O)(=O)CCC(O)CN)c5)cc4C3)c2C1. The topological polar surface area (TPSA) is 158 Å². The fraction of sp³-hybridized carbons (Fsp3) is 0.464. The predicted octanol–water partition coefficient (Wildman–Crippen LogP) is 2.52. The molecule has 11 heteroatoms. The van der Waals surface area contributed by atoms with Gasteiger partial charge in [-0.3, -0.25) is 0 Å². The number of sulfone groups is 1. The van der Waals surface area contributed by atoms with E-state index in [9.17, 15) is 13.5 Å². The van der Waals surface area contributed by atoms with E-state index in [1.54, 1.807) is 18.6 Å². The smallest absolute Gasteiger partial charge is 0.182 e. The highest BCUT2D eigenvalue weighted by Crippen LogP contribution is 2.39. The molecule has 208 valence electrons. The molecule has 0 bridgehead atoms. The van der Waals surface area contributed by atoms with Crippen molar-refractivity contribution < 1.29 is 18.3 Å². The number of aliphatic hydroxyl groups excluding tert-OH is 1. The standard InChI is InChI=1S/C28H36N6O4S/c1-28(2)7-5-23-22(13-28)27(33-17-32-23)34-8-9-38-24-4-3-18(11-20(24)16-34)19-12-25(26(30)31-15-19)39(36,37)10-6-21(35)14-29/h3-4,11-12,15,17,21,35H,5-10,13-14,16,29H2,1-2H3,(H2,30,31). The Labute approximate surface area is 229 Å². The van der Waals surface area contributed by atoms with E-state index in [0.29, 0.717) is 25.3 Å². The fourth-order valence-corrected chi connectivity index (χ4v) is 6.75. The highest BCUT2D eigenvalue weighted by Gasteiger charge is 2.31. The third kappa shape index (κ3) is 5.85. The maximum atomic E-state index is 13.0. The normalized spacial score (nSPS) is 17.5. The van der Waals surface area contributed by atoms with Gasteiger partial charge in [0.05, 0.1) is 18.4 Å². The third-order valence-electron chi connectivity index (χ3n) is 7.59. The van der Waals surface area contributed by atoms with Gasteiger partial charge < -0.3 is 26.2 Å². The molecule has 1 unspecified atom stereocenters. The van der Waals surface area contributed by atoms with Gasteiger partial charge in [-0.25, -0.2) is 23.4 Å². The van der Waals surface area contributed by atoms with Gasteiger partial charge in [-0.15, -0.1) is 0 Å². The molecule has 5 N–H and O–H groups in total. The van der Waals surface area contributed by atoms with Crippen molar-refractivity contribution in [1.82, 2.24) is 15.0 Å².